The van der Waals surface area contributed by atoms with Gasteiger partial charge in [-0.2, -0.15) is 0 Å². The van der Waals surface area contributed by atoms with Gasteiger partial charge in [0.1, 0.15) is 0 Å². The summed E-state index contributed by atoms with van der Waals surface area (Å²) in [4.78, 5) is 12.2. The topological polar surface area (TPSA) is 64.7 Å². The van der Waals surface area contributed by atoms with Gasteiger partial charge in [0.25, 0.3) is 0 Å². The molecule has 2 heterocycles. The van der Waals surface area contributed by atoms with Crippen molar-refractivity contribution in [1.82, 2.24) is 15.0 Å². The Labute approximate surface area is 88.2 Å². The third-order valence-corrected chi connectivity index (χ3v) is 2.03. The molecule has 4 nitrogen and oxygen atoms in total. The van der Waals surface area contributed by atoms with Gasteiger partial charge in [0, 0.05) is 24.5 Å². The van der Waals surface area contributed by atoms with E-state index in [9.17, 15) is 0 Å². The number of anilines is 1. The van der Waals surface area contributed by atoms with Gasteiger partial charge >= 0.3 is 0 Å². The lowest BCUT2D eigenvalue weighted by molar-refractivity contribution is 1.00. The van der Waals surface area contributed by atoms with E-state index in [0.717, 1.165) is 23.4 Å². The minimum atomic E-state index is 0.328. The predicted octanol–water partition coefficient (Wildman–Crippen LogP) is 1.35. The summed E-state index contributed by atoms with van der Waals surface area (Å²) in [6.45, 7) is 1.91. The van der Waals surface area contributed by atoms with E-state index >= 15 is 0 Å². The molecule has 4 heteroatoms. The van der Waals surface area contributed by atoms with Gasteiger partial charge in [-0.1, -0.05) is 6.07 Å². The first-order chi connectivity index (χ1) is 7.24. The lowest BCUT2D eigenvalue weighted by Crippen LogP contribution is -2.01. The molecule has 76 valence electrons. The standard InChI is InChI=1S/C11H12N4/c1-8-5-10(15-11(12)14-8)6-9-3-2-4-13-7-9/h2-5,7H,6H2,1H3,(H2,12,14,15). The number of aryl methyl sites for hydroxylation is 1. The van der Waals surface area contributed by atoms with Crippen LogP contribution in [0.1, 0.15) is 17.0 Å². The fourth-order valence-corrected chi connectivity index (χ4v) is 1.46. The maximum atomic E-state index is 5.58. The van der Waals surface area contributed by atoms with Crippen LogP contribution < -0.4 is 5.73 Å². The second-order valence-electron chi connectivity index (χ2n) is 3.40. The monoisotopic (exact) mass is 200 g/mol. The predicted molar refractivity (Wildman–Crippen MR) is 58.2 cm³/mol. The van der Waals surface area contributed by atoms with Crippen LogP contribution in [-0.4, -0.2) is 15.0 Å². The highest BCUT2D eigenvalue weighted by molar-refractivity contribution is 5.25. The summed E-state index contributed by atoms with van der Waals surface area (Å²) in [5, 5.41) is 0. The number of nitrogens with two attached hydrogens (primary N) is 1. The van der Waals surface area contributed by atoms with Crippen molar-refractivity contribution in [3.05, 3.63) is 47.5 Å². The number of nitrogen functional groups attached to an aromatic ring is 1. The van der Waals surface area contributed by atoms with Crippen molar-refractivity contribution in [1.29, 1.82) is 0 Å². The van der Waals surface area contributed by atoms with Crippen LogP contribution in [0, 0.1) is 6.92 Å². The van der Waals surface area contributed by atoms with E-state index < -0.39 is 0 Å². The average molecular weight is 200 g/mol. The summed E-state index contributed by atoms with van der Waals surface area (Å²) in [6.07, 6.45) is 4.32. The Morgan fingerprint density at radius 1 is 1.33 bits per heavy atom. The molecule has 2 aromatic rings. The van der Waals surface area contributed by atoms with Gasteiger partial charge in [-0.15, -0.1) is 0 Å². The third-order valence-electron chi connectivity index (χ3n) is 2.03. The Morgan fingerprint density at radius 3 is 2.87 bits per heavy atom. The van der Waals surface area contributed by atoms with Crippen LogP contribution in [-0.2, 0) is 6.42 Å². The zero-order valence-corrected chi connectivity index (χ0v) is 8.51. The van der Waals surface area contributed by atoms with E-state index in [2.05, 4.69) is 15.0 Å². The summed E-state index contributed by atoms with van der Waals surface area (Å²) in [5.41, 5.74) is 8.51. The van der Waals surface area contributed by atoms with Crippen LogP contribution in [0.2, 0.25) is 0 Å². The van der Waals surface area contributed by atoms with Crippen molar-refractivity contribution in [2.45, 2.75) is 13.3 Å². The van der Waals surface area contributed by atoms with Crippen LogP contribution in [0.4, 0.5) is 5.95 Å². The SMILES string of the molecule is Cc1cc(Cc2cccnc2)nc(N)n1. The van der Waals surface area contributed by atoms with Gasteiger partial charge < -0.3 is 5.73 Å². The van der Waals surface area contributed by atoms with Crippen LogP contribution in [0.15, 0.2) is 30.6 Å². The molecule has 0 saturated heterocycles. The van der Waals surface area contributed by atoms with E-state index in [0.29, 0.717) is 5.95 Å². The second kappa shape index (κ2) is 4.04. The van der Waals surface area contributed by atoms with Crippen LogP contribution in [0.5, 0.6) is 0 Å². The average Bonchev–Trinajstić information content (AvgIpc) is 2.17. The Kier molecular flexibility index (Phi) is 2.58. The number of nitrogens with zero attached hydrogens (tertiary/aromatic N) is 3. The van der Waals surface area contributed by atoms with Gasteiger partial charge in [0.05, 0.1) is 5.69 Å². The van der Waals surface area contributed by atoms with Gasteiger partial charge in [-0.05, 0) is 24.6 Å². The summed E-state index contributed by atoms with van der Waals surface area (Å²) in [6, 6.07) is 5.86. The molecular weight excluding hydrogens is 188 g/mol. The van der Waals surface area contributed by atoms with Crippen molar-refractivity contribution in [2.24, 2.45) is 0 Å². The third kappa shape index (κ3) is 2.49. The zero-order valence-electron chi connectivity index (χ0n) is 8.51. The van der Waals surface area contributed by atoms with Gasteiger partial charge in [-0.25, -0.2) is 9.97 Å². The molecule has 2 rings (SSSR count). The van der Waals surface area contributed by atoms with E-state index in [-0.39, 0.29) is 0 Å². The molecule has 2 N–H and O–H groups in total. The van der Waals surface area contributed by atoms with Crippen LogP contribution in [0.3, 0.4) is 0 Å². The Morgan fingerprint density at radius 2 is 2.20 bits per heavy atom. The Balaban J connectivity index is 2.25. The minimum Gasteiger partial charge on any atom is -0.368 e. The van der Waals surface area contributed by atoms with E-state index in [4.69, 9.17) is 5.73 Å². The largest absolute Gasteiger partial charge is 0.368 e. The number of hydrogen-bond donors (Lipinski definition) is 1. The Bertz CT molecular complexity index is 433. The molecule has 0 atom stereocenters. The van der Waals surface area contributed by atoms with Gasteiger partial charge in [0.2, 0.25) is 5.95 Å². The molecule has 0 aliphatic heterocycles. The molecule has 0 saturated carbocycles. The molecule has 0 bridgehead atoms. The molecule has 0 unspecified atom stereocenters. The number of pyridine rings is 1. The highest BCUT2D eigenvalue weighted by Gasteiger charge is 2.00. The summed E-state index contributed by atoms with van der Waals surface area (Å²) in [7, 11) is 0. The fraction of sp³-hybridized carbons (Fsp3) is 0.182. The van der Waals surface area contributed by atoms with Crippen LogP contribution >= 0.6 is 0 Å². The first-order valence-corrected chi connectivity index (χ1v) is 4.73. The van der Waals surface area contributed by atoms with Crippen LogP contribution in [0.25, 0.3) is 0 Å². The number of hydrogen-bond acceptors (Lipinski definition) is 4. The molecule has 0 aliphatic rings. The molecule has 0 fully saturated rings. The normalized spacial score (nSPS) is 10.2. The highest BCUT2D eigenvalue weighted by atomic mass is 15.0. The quantitative estimate of drug-likeness (QED) is 0.794. The summed E-state index contributed by atoms with van der Waals surface area (Å²) >= 11 is 0. The molecule has 0 radical (unpaired) electrons. The minimum absolute atomic E-state index is 0.328. The number of aromatic nitrogens is 3. The highest BCUT2D eigenvalue weighted by Crippen LogP contribution is 2.08. The molecule has 0 aromatic carbocycles. The smallest absolute Gasteiger partial charge is 0.220 e. The van der Waals surface area contributed by atoms with Crippen molar-refractivity contribution < 1.29 is 0 Å². The van der Waals surface area contributed by atoms with E-state index in [1.807, 2.05) is 31.3 Å². The Hall–Kier alpha value is -1.97. The molecule has 2 aromatic heterocycles. The van der Waals surface area contributed by atoms with Crippen molar-refractivity contribution in [2.75, 3.05) is 5.73 Å². The summed E-state index contributed by atoms with van der Waals surface area (Å²) in [5.74, 6) is 0.328. The zero-order chi connectivity index (χ0) is 10.7. The van der Waals surface area contributed by atoms with Crippen molar-refractivity contribution >= 4 is 5.95 Å². The van der Waals surface area contributed by atoms with Gasteiger partial charge in [0.15, 0.2) is 0 Å². The van der Waals surface area contributed by atoms with E-state index in [1.54, 1.807) is 6.20 Å². The first kappa shape index (κ1) is 9.58. The second-order valence-corrected chi connectivity index (χ2v) is 3.40. The van der Waals surface area contributed by atoms with Crippen molar-refractivity contribution in [3.63, 3.8) is 0 Å². The molecule has 0 aliphatic carbocycles. The molecule has 0 amide bonds. The molecular formula is C11H12N4. The first-order valence-electron chi connectivity index (χ1n) is 4.73. The maximum absolute atomic E-state index is 5.58. The van der Waals surface area contributed by atoms with E-state index in [1.165, 1.54) is 0 Å². The molecule has 15 heavy (non-hydrogen) atoms. The van der Waals surface area contributed by atoms with Crippen molar-refractivity contribution in [3.8, 4) is 0 Å². The number of rotatable bonds is 2. The molecule has 0 spiro atoms. The maximum Gasteiger partial charge on any atom is 0.220 e. The van der Waals surface area contributed by atoms with Gasteiger partial charge in [-0.3, -0.25) is 4.98 Å². The summed E-state index contributed by atoms with van der Waals surface area (Å²) < 4.78 is 0. The lowest BCUT2D eigenvalue weighted by Gasteiger charge is -2.02. The fourth-order valence-electron chi connectivity index (χ4n) is 1.46. The lowest BCUT2D eigenvalue weighted by atomic mass is 10.1.